The molecule has 18 heavy (non-hydrogen) atoms. The van der Waals surface area contributed by atoms with Crippen molar-refractivity contribution in [2.75, 3.05) is 11.9 Å². The quantitative estimate of drug-likeness (QED) is 0.897. The van der Waals surface area contributed by atoms with Gasteiger partial charge in [0.25, 0.3) is 0 Å². The molecule has 0 aliphatic carbocycles. The molecule has 0 radical (unpaired) electrons. The number of thiophene rings is 1. The molecule has 0 bridgehead atoms. The maximum atomic E-state index is 12.3. The van der Waals surface area contributed by atoms with Crippen LogP contribution in [0.5, 0.6) is 0 Å². The number of anilines is 1. The molecule has 9 heteroatoms. The van der Waals surface area contributed by atoms with Crippen LogP contribution in [-0.4, -0.2) is 16.7 Å². The molecule has 0 saturated carbocycles. The van der Waals surface area contributed by atoms with Crippen LogP contribution in [0.4, 0.5) is 18.3 Å². The largest absolute Gasteiger partial charge is 0.445 e. The van der Waals surface area contributed by atoms with E-state index in [9.17, 15) is 13.2 Å². The van der Waals surface area contributed by atoms with E-state index in [-0.39, 0.29) is 5.13 Å². The van der Waals surface area contributed by atoms with Gasteiger partial charge in [-0.25, -0.2) is 0 Å². The van der Waals surface area contributed by atoms with Crippen molar-refractivity contribution in [3.05, 3.63) is 25.8 Å². The molecule has 0 atom stereocenters. The fourth-order valence-electron chi connectivity index (χ4n) is 1.19. The minimum Gasteiger partial charge on any atom is -0.360 e. The second kappa shape index (κ2) is 5.54. The highest BCUT2D eigenvalue weighted by atomic mass is 79.9. The zero-order valence-corrected chi connectivity index (χ0v) is 12.0. The van der Waals surface area contributed by atoms with E-state index in [0.29, 0.717) is 17.9 Å². The highest BCUT2D eigenvalue weighted by molar-refractivity contribution is 9.11. The van der Waals surface area contributed by atoms with Crippen LogP contribution in [0.3, 0.4) is 0 Å². The van der Waals surface area contributed by atoms with Crippen molar-refractivity contribution in [2.24, 2.45) is 0 Å². The van der Waals surface area contributed by atoms with Crippen LogP contribution in [0.2, 0.25) is 0 Å². The van der Waals surface area contributed by atoms with Crippen molar-refractivity contribution in [3.63, 3.8) is 0 Å². The summed E-state index contributed by atoms with van der Waals surface area (Å²) in [5.74, 6) is 0. The van der Waals surface area contributed by atoms with Gasteiger partial charge in [-0.15, -0.1) is 21.5 Å². The maximum Gasteiger partial charge on any atom is 0.445 e. The molecule has 0 aromatic carbocycles. The van der Waals surface area contributed by atoms with Crippen LogP contribution in [0, 0.1) is 0 Å². The molecule has 0 aliphatic heterocycles. The Bertz CT molecular complexity index is 523. The Kier molecular flexibility index (Phi) is 4.23. The van der Waals surface area contributed by atoms with Crippen molar-refractivity contribution < 1.29 is 13.2 Å². The third kappa shape index (κ3) is 3.66. The predicted molar refractivity (Wildman–Crippen MR) is 69.1 cm³/mol. The summed E-state index contributed by atoms with van der Waals surface area (Å²) in [4.78, 5) is 1.15. The van der Waals surface area contributed by atoms with E-state index in [1.165, 1.54) is 0 Å². The minimum absolute atomic E-state index is 0.193. The molecular weight excluding hydrogens is 351 g/mol. The monoisotopic (exact) mass is 357 g/mol. The highest BCUT2D eigenvalue weighted by Crippen LogP contribution is 2.33. The first-order valence-corrected chi connectivity index (χ1v) is 7.26. The van der Waals surface area contributed by atoms with Crippen LogP contribution in [0.1, 0.15) is 9.88 Å². The number of hydrogen-bond acceptors (Lipinski definition) is 5. The molecule has 0 aliphatic rings. The third-order valence-electron chi connectivity index (χ3n) is 1.94. The molecule has 2 rings (SSSR count). The van der Waals surface area contributed by atoms with Crippen LogP contribution >= 0.6 is 38.6 Å². The highest BCUT2D eigenvalue weighted by Gasteiger charge is 2.35. The molecule has 0 spiro atoms. The SMILES string of the molecule is FC(F)(F)c1nnc(NCCc2ccc(Br)s2)s1. The zero-order valence-electron chi connectivity index (χ0n) is 8.79. The summed E-state index contributed by atoms with van der Waals surface area (Å²) in [6.45, 7) is 0.527. The van der Waals surface area contributed by atoms with Gasteiger partial charge in [0, 0.05) is 11.4 Å². The maximum absolute atomic E-state index is 12.3. The molecule has 0 fully saturated rings. The lowest BCUT2D eigenvalue weighted by molar-refractivity contribution is -0.138. The summed E-state index contributed by atoms with van der Waals surface area (Å²) in [6, 6.07) is 3.91. The number of nitrogens with zero attached hydrogens (tertiary/aromatic N) is 2. The van der Waals surface area contributed by atoms with E-state index in [1.54, 1.807) is 11.3 Å². The number of hydrogen-bond donors (Lipinski definition) is 1. The molecule has 0 amide bonds. The molecular formula is C9H7BrF3N3S2. The average molecular weight is 358 g/mol. The molecule has 0 saturated heterocycles. The fraction of sp³-hybridized carbons (Fsp3) is 0.333. The third-order valence-corrected chi connectivity index (χ3v) is 4.55. The smallest absolute Gasteiger partial charge is 0.360 e. The lowest BCUT2D eigenvalue weighted by Crippen LogP contribution is -2.03. The summed E-state index contributed by atoms with van der Waals surface area (Å²) >= 11 is 5.46. The Labute approximate surface area is 117 Å². The van der Waals surface area contributed by atoms with Crippen molar-refractivity contribution in [1.82, 2.24) is 10.2 Å². The lowest BCUT2D eigenvalue weighted by Gasteiger charge is -2.00. The zero-order chi connectivity index (χ0) is 13.2. The molecule has 0 unspecified atom stereocenters. The average Bonchev–Trinajstić information content (AvgIpc) is 2.87. The predicted octanol–water partition coefficient (Wildman–Crippen LogP) is 4.04. The number of rotatable bonds is 4. The Morgan fingerprint density at radius 2 is 2.00 bits per heavy atom. The van der Waals surface area contributed by atoms with Gasteiger partial charge in [0.1, 0.15) is 0 Å². The number of aromatic nitrogens is 2. The van der Waals surface area contributed by atoms with Gasteiger partial charge in [-0.2, -0.15) is 13.2 Å². The molecule has 1 N–H and O–H groups in total. The molecule has 3 nitrogen and oxygen atoms in total. The Hall–Kier alpha value is -0.670. The van der Waals surface area contributed by atoms with Gasteiger partial charge >= 0.3 is 6.18 Å². The van der Waals surface area contributed by atoms with E-state index >= 15 is 0 Å². The second-order valence-corrected chi connectivity index (χ2v) is 6.82. The van der Waals surface area contributed by atoms with Crippen molar-refractivity contribution >= 4 is 43.7 Å². The number of halogens is 4. The first-order valence-electron chi connectivity index (χ1n) is 4.84. The minimum atomic E-state index is -4.42. The van der Waals surface area contributed by atoms with Gasteiger partial charge in [-0.3, -0.25) is 0 Å². The number of alkyl halides is 3. The summed E-state index contributed by atoms with van der Waals surface area (Å²) in [7, 11) is 0. The Balaban J connectivity index is 1.85. The van der Waals surface area contributed by atoms with Gasteiger partial charge < -0.3 is 5.32 Å². The van der Waals surface area contributed by atoms with Gasteiger partial charge in [0.05, 0.1) is 3.79 Å². The van der Waals surface area contributed by atoms with Crippen molar-refractivity contribution in [2.45, 2.75) is 12.6 Å². The van der Waals surface area contributed by atoms with Crippen molar-refractivity contribution in [1.29, 1.82) is 0 Å². The lowest BCUT2D eigenvalue weighted by atomic mass is 10.3. The normalized spacial score (nSPS) is 11.8. The van der Waals surface area contributed by atoms with Gasteiger partial charge in [-0.1, -0.05) is 11.3 Å². The van der Waals surface area contributed by atoms with Crippen LogP contribution in [0.15, 0.2) is 15.9 Å². The summed E-state index contributed by atoms with van der Waals surface area (Å²) in [6.07, 6.45) is -3.69. The van der Waals surface area contributed by atoms with Gasteiger partial charge in [-0.05, 0) is 34.5 Å². The van der Waals surface area contributed by atoms with E-state index in [1.807, 2.05) is 12.1 Å². The second-order valence-electron chi connectivity index (χ2n) is 3.29. The Morgan fingerprint density at radius 3 is 2.56 bits per heavy atom. The fourth-order valence-corrected chi connectivity index (χ4v) is 3.31. The van der Waals surface area contributed by atoms with E-state index < -0.39 is 11.2 Å². The van der Waals surface area contributed by atoms with Gasteiger partial charge in [0.2, 0.25) is 10.1 Å². The van der Waals surface area contributed by atoms with Crippen LogP contribution in [0.25, 0.3) is 0 Å². The van der Waals surface area contributed by atoms with Gasteiger partial charge in [0.15, 0.2) is 0 Å². The van der Waals surface area contributed by atoms with Crippen molar-refractivity contribution in [3.8, 4) is 0 Å². The standard InChI is InChI=1S/C9H7BrF3N3S2/c10-6-2-1-5(17-6)3-4-14-8-16-15-7(18-8)9(11,12)13/h1-2H,3-4H2,(H,14,16). The number of nitrogens with one attached hydrogen (secondary N) is 1. The first kappa shape index (κ1) is 13.8. The van der Waals surface area contributed by atoms with E-state index in [2.05, 4.69) is 31.4 Å². The van der Waals surface area contributed by atoms with E-state index in [0.717, 1.165) is 15.1 Å². The first-order chi connectivity index (χ1) is 8.45. The Morgan fingerprint density at radius 1 is 1.22 bits per heavy atom. The summed E-state index contributed by atoms with van der Waals surface area (Å²) in [5, 5.41) is 8.64. The molecule has 2 aromatic rings. The van der Waals surface area contributed by atoms with Crippen LogP contribution in [-0.2, 0) is 12.6 Å². The summed E-state index contributed by atoms with van der Waals surface area (Å²) in [5.41, 5.74) is 0. The van der Waals surface area contributed by atoms with E-state index in [4.69, 9.17) is 0 Å². The summed E-state index contributed by atoms with van der Waals surface area (Å²) < 4.78 is 37.8. The molecule has 2 heterocycles. The van der Waals surface area contributed by atoms with Crippen LogP contribution < -0.4 is 5.32 Å². The molecule has 98 valence electrons. The molecule has 2 aromatic heterocycles. The topological polar surface area (TPSA) is 37.8 Å².